The third-order valence-electron chi connectivity index (χ3n) is 3.66. The van der Waals surface area contributed by atoms with Gasteiger partial charge in [-0.25, -0.2) is 4.79 Å². The number of hydrogen-bond donors (Lipinski definition) is 2. The normalized spacial score (nSPS) is 20.9. The molecular weight excluding hydrogens is 244 g/mol. The van der Waals surface area contributed by atoms with Crippen molar-refractivity contribution in [1.82, 2.24) is 10.2 Å². The average molecular weight is 270 g/mol. The van der Waals surface area contributed by atoms with E-state index in [1.165, 1.54) is 0 Å². The molecule has 0 aromatic rings. The second kappa shape index (κ2) is 8.02. The quantitative estimate of drug-likeness (QED) is 0.779. The van der Waals surface area contributed by atoms with Crippen LogP contribution in [-0.4, -0.2) is 40.6 Å². The average Bonchev–Trinajstić information content (AvgIpc) is 2.36. The molecule has 1 saturated heterocycles. The van der Waals surface area contributed by atoms with E-state index in [-0.39, 0.29) is 24.5 Å². The molecule has 0 radical (unpaired) electrons. The molecule has 1 aliphatic heterocycles. The van der Waals surface area contributed by atoms with Crippen LogP contribution >= 0.6 is 0 Å². The zero-order valence-corrected chi connectivity index (χ0v) is 12.0. The van der Waals surface area contributed by atoms with Gasteiger partial charge >= 0.3 is 12.0 Å². The van der Waals surface area contributed by atoms with E-state index in [2.05, 4.69) is 12.2 Å². The van der Waals surface area contributed by atoms with E-state index in [0.717, 1.165) is 38.5 Å². The fraction of sp³-hybridized carbons (Fsp3) is 0.857. The summed E-state index contributed by atoms with van der Waals surface area (Å²) in [6.07, 6.45) is 6.01. The van der Waals surface area contributed by atoms with E-state index >= 15 is 0 Å². The highest BCUT2D eigenvalue weighted by Crippen LogP contribution is 2.20. The Bertz CT molecular complexity index is 307. The molecule has 2 unspecified atom stereocenters. The van der Waals surface area contributed by atoms with Gasteiger partial charge in [-0.1, -0.05) is 19.8 Å². The topological polar surface area (TPSA) is 69.6 Å². The molecule has 1 fully saturated rings. The van der Waals surface area contributed by atoms with Crippen molar-refractivity contribution in [3.63, 3.8) is 0 Å². The monoisotopic (exact) mass is 270 g/mol. The van der Waals surface area contributed by atoms with Gasteiger partial charge in [0.15, 0.2) is 0 Å². The Labute approximate surface area is 115 Å². The van der Waals surface area contributed by atoms with Crippen LogP contribution < -0.4 is 5.32 Å². The van der Waals surface area contributed by atoms with Crippen LogP contribution in [0.4, 0.5) is 4.79 Å². The molecule has 0 bridgehead atoms. The van der Waals surface area contributed by atoms with Gasteiger partial charge in [0, 0.05) is 18.6 Å². The number of urea groups is 1. The van der Waals surface area contributed by atoms with Gasteiger partial charge in [-0.3, -0.25) is 4.79 Å². The Morgan fingerprint density at radius 1 is 1.42 bits per heavy atom. The van der Waals surface area contributed by atoms with Crippen molar-refractivity contribution >= 4 is 12.0 Å². The number of piperidine rings is 1. The molecular formula is C14H26N2O3. The number of carboxylic acids is 1. The summed E-state index contributed by atoms with van der Waals surface area (Å²) in [6, 6.07) is -0.0981. The molecule has 0 saturated carbocycles. The number of nitrogens with zero attached hydrogens (tertiary/aromatic N) is 1. The number of rotatable bonds is 6. The summed E-state index contributed by atoms with van der Waals surface area (Å²) >= 11 is 0. The number of nitrogens with one attached hydrogen (secondary N) is 1. The van der Waals surface area contributed by atoms with Crippen molar-refractivity contribution in [2.75, 3.05) is 6.54 Å². The fourth-order valence-electron chi connectivity index (χ4n) is 2.56. The molecule has 2 atom stereocenters. The maximum Gasteiger partial charge on any atom is 0.317 e. The second-order valence-corrected chi connectivity index (χ2v) is 5.43. The maximum atomic E-state index is 12.2. The molecule has 0 aliphatic carbocycles. The first-order valence-corrected chi connectivity index (χ1v) is 7.33. The summed E-state index contributed by atoms with van der Waals surface area (Å²) in [4.78, 5) is 24.7. The fourth-order valence-corrected chi connectivity index (χ4v) is 2.56. The van der Waals surface area contributed by atoms with Gasteiger partial charge in [-0.15, -0.1) is 0 Å². The third kappa shape index (κ3) is 5.49. The number of carboxylic acid groups (broad SMARTS) is 1. The molecule has 19 heavy (non-hydrogen) atoms. The summed E-state index contributed by atoms with van der Waals surface area (Å²) in [7, 11) is 0. The Morgan fingerprint density at radius 2 is 2.16 bits per heavy atom. The van der Waals surface area contributed by atoms with Gasteiger partial charge in [-0.05, 0) is 32.6 Å². The van der Waals surface area contributed by atoms with E-state index in [0.29, 0.717) is 6.54 Å². The molecule has 5 heteroatoms. The first kappa shape index (κ1) is 15.8. The standard InChI is InChI=1S/C14H26N2O3/c1-3-4-7-11(2)15-14(19)16-9-6-5-8-12(16)10-13(17)18/h11-12H,3-10H2,1-2H3,(H,15,19)(H,17,18). The van der Waals surface area contributed by atoms with E-state index in [4.69, 9.17) is 5.11 Å². The Morgan fingerprint density at radius 3 is 2.79 bits per heavy atom. The molecule has 0 aromatic heterocycles. The van der Waals surface area contributed by atoms with Crippen LogP contribution in [0.15, 0.2) is 0 Å². The number of amides is 2. The van der Waals surface area contributed by atoms with Crippen LogP contribution in [0.25, 0.3) is 0 Å². The molecule has 1 heterocycles. The highest BCUT2D eigenvalue weighted by Gasteiger charge is 2.28. The van der Waals surface area contributed by atoms with Gasteiger partial charge in [0.1, 0.15) is 0 Å². The molecule has 0 spiro atoms. The highest BCUT2D eigenvalue weighted by atomic mass is 16.4. The molecule has 0 aromatic carbocycles. The van der Waals surface area contributed by atoms with E-state index in [1.54, 1.807) is 4.90 Å². The van der Waals surface area contributed by atoms with Crippen LogP contribution in [0.3, 0.4) is 0 Å². The van der Waals surface area contributed by atoms with Gasteiger partial charge in [0.05, 0.1) is 6.42 Å². The van der Waals surface area contributed by atoms with Crippen molar-refractivity contribution in [3.05, 3.63) is 0 Å². The largest absolute Gasteiger partial charge is 0.481 e. The van der Waals surface area contributed by atoms with Crippen LogP contribution in [0.2, 0.25) is 0 Å². The first-order valence-electron chi connectivity index (χ1n) is 7.33. The summed E-state index contributed by atoms with van der Waals surface area (Å²) < 4.78 is 0. The minimum Gasteiger partial charge on any atom is -0.481 e. The molecule has 1 rings (SSSR count). The summed E-state index contributed by atoms with van der Waals surface area (Å²) in [5.74, 6) is -0.830. The minimum atomic E-state index is -0.830. The van der Waals surface area contributed by atoms with Crippen LogP contribution in [0.5, 0.6) is 0 Å². The van der Waals surface area contributed by atoms with E-state index < -0.39 is 5.97 Å². The Kier molecular flexibility index (Phi) is 6.67. The van der Waals surface area contributed by atoms with Crippen LogP contribution in [0.1, 0.15) is 58.8 Å². The second-order valence-electron chi connectivity index (χ2n) is 5.43. The van der Waals surface area contributed by atoms with Crippen molar-refractivity contribution < 1.29 is 14.7 Å². The number of likely N-dealkylation sites (tertiary alicyclic amines) is 1. The number of carbonyl (C=O) groups excluding carboxylic acids is 1. The number of carbonyl (C=O) groups is 2. The van der Waals surface area contributed by atoms with E-state index in [1.807, 2.05) is 6.92 Å². The lowest BCUT2D eigenvalue weighted by Crippen LogP contribution is -2.51. The number of hydrogen-bond acceptors (Lipinski definition) is 2. The van der Waals surface area contributed by atoms with Gasteiger partial charge in [0.25, 0.3) is 0 Å². The predicted molar refractivity (Wildman–Crippen MR) is 74.1 cm³/mol. The van der Waals surface area contributed by atoms with Gasteiger partial charge < -0.3 is 15.3 Å². The van der Waals surface area contributed by atoms with Crippen LogP contribution in [0, 0.1) is 0 Å². The van der Waals surface area contributed by atoms with E-state index in [9.17, 15) is 9.59 Å². The Balaban J connectivity index is 2.49. The zero-order chi connectivity index (χ0) is 14.3. The maximum absolute atomic E-state index is 12.2. The SMILES string of the molecule is CCCCC(C)NC(=O)N1CCCCC1CC(=O)O. The highest BCUT2D eigenvalue weighted by molar-refractivity contribution is 5.76. The summed E-state index contributed by atoms with van der Waals surface area (Å²) in [6.45, 7) is 4.80. The van der Waals surface area contributed by atoms with Crippen molar-refractivity contribution in [3.8, 4) is 0 Å². The van der Waals surface area contributed by atoms with Crippen molar-refractivity contribution in [2.45, 2.75) is 70.9 Å². The lowest BCUT2D eigenvalue weighted by atomic mass is 10.00. The Hall–Kier alpha value is -1.26. The summed E-state index contributed by atoms with van der Waals surface area (Å²) in [5, 5.41) is 11.9. The molecule has 2 N–H and O–H groups in total. The van der Waals surface area contributed by atoms with Gasteiger partial charge in [0.2, 0.25) is 0 Å². The molecule has 2 amide bonds. The van der Waals surface area contributed by atoms with Gasteiger partial charge in [-0.2, -0.15) is 0 Å². The van der Waals surface area contributed by atoms with Crippen molar-refractivity contribution in [1.29, 1.82) is 0 Å². The van der Waals surface area contributed by atoms with Crippen LogP contribution in [-0.2, 0) is 4.79 Å². The molecule has 110 valence electrons. The molecule has 1 aliphatic rings. The third-order valence-corrected chi connectivity index (χ3v) is 3.66. The lowest BCUT2D eigenvalue weighted by molar-refractivity contribution is -0.138. The minimum absolute atomic E-state index is 0.0523. The summed E-state index contributed by atoms with van der Waals surface area (Å²) in [5.41, 5.74) is 0. The zero-order valence-electron chi connectivity index (χ0n) is 12.0. The first-order chi connectivity index (χ1) is 9.04. The van der Waals surface area contributed by atoms with Crippen molar-refractivity contribution in [2.24, 2.45) is 0 Å². The molecule has 5 nitrogen and oxygen atoms in total. The number of unbranched alkanes of at least 4 members (excludes halogenated alkanes) is 1. The smallest absolute Gasteiger partial charge is 0.317 e. The lowest BCUT2D eigenvalue weighted by Gasteiger charge is -2.35. The predicted octanol–water partition coefficient (Wildman–Crippen LogP) is 2.60. The number of aliphatic carboxylic acids is 1.